The molecule has 0 bridgehead atoms. The van der Waals surface area contributed by atoms with Crippen molar-refractivity contribution in [2.45, 2.75) is 108 Å². The summed E-state index contributed by atoms with van der Waals surface area (Å²) in [5, 5.41) is 38.8. The van der Waals surface area contributed by atoms with Gasteiger partial charge < -0.3 is 53.8 Å². The molecule has 270 valence electrons. The largest absolute Gasteiger partial charge is 0.508 e. The van der Waals surface area contributed by atoms with Crippen molar-refractivity contribution >= 4 is 35.6 Å². The molecule has 0 saturated carbocycles. The molecular weight excluding hydrogens is 626 g/mol. The number of carbonyl (C=O) groups is 6. The number of rotatable bonds is 24. The summed E-state index contributed by atoms with van der Waals surface area (Å²) < 4.78 is 0. The van der Waals surface area contributed by atoms with Crippen molar-refractivity contribution in [2.24, 2.45) is 23.1 Å². The van der Waals surface area contributed by atoms with Crippen molar-refractivity contribution in [1.82, 2.24) is 21.3 Å². The fourth-order valence-electron chi connectivity index (χ4n) is 4.72. The second-order valence-electron chi connectivity index (χ2n) is 11.9. The van der Waals surface area contributed by atoms with Crippen LogP contribution in [0.3, 0.4) is 0 Å². The Morgan fingerprint density at radius 1 is 0.688 bits per heavy atom. The number of carbonyl (C=O) groups excluding carboxylic acids is 4. The van der Waals surface area contributed by atoms with E-state index in [1.54, 1.807) is 0 Å². The number of phenolic OH excluding ortho intramolecular Hbond substituents is 1. The normalized spacial score (nSPS) is 14.8. The zero-order valence-electron chi connectivity index (χ0n) is 27.8. The van der Waals surface area contributed by atoms with Gasteiger partial charge in [0, 0.05) is 12.8 Å². The molecule has 0 saturated heterocycles. The first-order chi connectivity index (χ1) is 22.7. The maximum Gasteiger partial charge on any atom is 0.326 e. The van der Waals surface area contributed by atoms with E-state index in [0.717, 1.165) is 0 Å². The molecule has 4 amide bonds. The highest BCUT2D eigenvalue weighted by molar-refractivity contribution is 5.95. The Balaban J connectivity index is 3.34. The molecule has 0 aromatic heterocycles. The van der Waals surface area contributed by atoms with Crippen LogP contribution in [0.1, 0.15) is 77.2 Å². The van der Waals surface area contributed by atoms with Gasteiger partial charge in [0.1, 0.15) is 29.9 Å². The van der Waals surface area contributed by atoms with E-state index in [2.05, 4.69) is 21.3 Å². The molecule has 0 unspecified atom stereocenters. The van der Waals surface area contributed by atoms with E-state index < -0.39 is 72.2 Å². The number of nitrogens with one attached hydrogen (secondary N) is 4. The summed E-state index contributed by atoms with van der Waals surface area (Å²) in [4.78, 5) is 76.6. The van der Waals surface area contributed by atoms with Crippen LogP contribution in [-0.2, 0) is 35.2 Å². The lowest BCUT2D eigenvalue weighted by atomic mass is 9.98. The predicted octanol–water partition coefficient (Wildman–Crippen LogP) is -0.545. The summed E-state index contributed by atoms with van der Waals surface area (Å²) in [6.07, 6.45) is 1.87. The second-order valence-corrected chi connectivity index (χ2v) is 11.9. The molecule has 16 heteroatoms. The number of carboxylic acid groups (broad SMARTS) is 2. The minimum Gasteiger partial charge on any atom is -0.508 e. The molecule has 0 aliphatic carbocycles. The quantitative estimate of drug-likeness (QED) is 0.0616. The Labute approximate surface area is 280 Å². The van der Waals surface area contributed by atoms with Gasteiger partial charge in [-0.2, -0.15) is 0 Å². The third kappa shape index (κ3) is 15.5. The molecule has 6 atom stereocenters. The minimum absolute atomic E-state index is 0.0334. The number of hydrogen-bond acceptors (Lipinski definition) is 10. The molecule has 1 rings (SSSR count). The van der Waals surface area contributed by atoms with E-state index in [1.807, 2.05) is 13.8 Å². The number of aliphatic carboxylic acids is 2. The lowest BCUT2D eigenvalue weighted by Gasteiger charge is -2.27. The van der Waals surface area contributed by atoms with Crippen molar-refractivity contribution in [3.63, 3.8) is 0 Å². The Morgan fingerprint density at radius 3 is 1.65 bits per heavy atom. The zero-order valence-corrected chi connectivity index (χ0v) is 27.8. The van der Waals surface area contributed by atoms with E-state index >= 15 is 0 Å². The van der Waals surface area contributed by atoms with E-state index in [-0.39, 0.29) is 37.4 Å². The van der Waals surface area contributed by atoms with Gasteiger partial charge in [0.05, 0.1) is 6.04 Å². The fourth-order valence-corrected chi connectivity index (χ4v) is 4.72. The van der Waals surface area contributed by atoms with Crippen molar-refractivity contribution in [1.29, 1.82) is 0 Å². The maximum absolute atomic E-state index is 13.7. The van der Waals surface area contributed by atoms with Crippen LogP contribution in [0.4, 0.5) is 0 Å². The van der Waals surface area contributed by atoms with Gasteiger partial charge in [-0.05, 0) is 81.6 Å². The summed E-state index contributed by atoms with van der Waals surface area (Å²) in [5.74, 6) is -5.77. The number of aromatic hydroxyl groups is 1. The third-order valence-electron chi connectivity index (χ3n) is 7.99. The van der Waals surface area contributed by atoms with Crippen molar-refractivity contribution < 1.29 is 44.1 Å². The number of carboxylic acids is 2. The smallest absolute Gasteiger partial charge is 0.326 e. The molecule has 48 heavy (non-hydrogen) atoms. The van der Waals surface area contributed by atoms with E-state index in [9.17, 15) is 44.1 Å². The Hall–Kier alpha value is -4.28. The van der Waals surface area contributed by atoms with Crippen molar-refractivity contribution in [3.05, 3.63) is 29.8 Å². The first-order valence-electron chi connectivity index (χ1n) is 16.3. The van der Waals surface area contributed by atoms with Crippen LogP contribution in [-0.4, -0.2) is 94.2 Å². The molecule has 0 radical (unpaired) electrons. The van der Waals surface area contributed by atoms with Gasteiger partial charge in [-0.15, -0.1) is 0 Å². The van der Waals surface area contributed by atoms with Crippen LogP contribution in [0.5, 0.6) is 5.75 Å². The van der Waals surface area contributed by atoms with Gasteiger partial charge in [0.15, 0.2) is 0 Å². The highest BCUT2D eigenvalue weighted by Crippen LogP contribution is 2.13. The maximum atomic E-state index is 13.7. The highest BCUT2D eigenvalue weighted by Gasteiger charge is 2.32. The molecule has 0 aliphatic rings. The van der Waals surface area contributed by atoms with Gasteiger partial charge in [0.25, 0.3) is 0 Å². The first kappa shape index (κ1) is 41.7. The summed E-state index contributed by atoms with van der Waals surface area (Å²) >= 11 is 0. The fraction of sp³-hybridized carbons (Fsp3) is 0.625. The minimum atomic E-state index is -1.46. The molecule has 0 aliphatic heterocycles. The average molecular weight is 680 g/mol. The van der Waals surface area contributed by atoms with Gasteiger partial charge in [-0.3, -0.25) is 24.0 Å². The number of benzene rings is 1. The molecule has 13 N–H and O–H groups in total. The topological polar surface area (TPSA) is 289 Å². The first-order valence-corrected chi connectivity index (χ1v) is 16.3. The van der Waals surface area contributed by atoms with Gasteiger partial charge in [0.2, 0.25) is 23.6 Å². The van der Waals surface area contributed by atoms with E-state index in [0.29, 0.717) is 50.8 Å². The molecule has 0 spiro atoms. The number of unbranched alkanes of at least 4 members (excludes halogenated alkanes) is 2. The van der Waals surface area contributed by atoms with Gasteiger partial charge >= 0.3 is 11.9 Å². The molecular formula is C32H53N7O9. The predicted molar refractivity (Wildman–Crippen MR) is 177 cm³/mol. The summed E-state index contributed by atoms with van der Waals surface area (Å²) in [7, 11) is 0. The summed E-state index contributed by atoms with van der Waals surface area (Å²) in [6, 6.07) is -0.227. The Kier molecular flexibility index (Phi) is 19.4. The van der Waals surface area contributed by atoms with Crippen LogP contribution >= 0.6 is 0 Å². The molecule has 1 aromatic carbocycles. The molecule has 16 nitrogen and oxygen atoms in total. The van der Waals surface area contributed by atoms with Gasteiger partial charge in [-0.1, -0.05) is 32.4 Å². The lowest BCUT2D eigenvalue weighted by molar-refractivity contribution is -0.143. The molecule has 0 fully saturated rings. The number of amides is 4. The third-order valence-corrected chi connectivity index (χ3v) is 7.99. The highest BCUT2D eigenvalue weighted by atomic mass is 16.4. The number of hydrogen-bond donors (Lipinski definition) is 10. The summed E-state index contributed by atoms with van der Waals surface area (Å²) in [5.41, 5.74) is 17.7. The standard InChI is InChI=1S/C32H53N7O9/c1-3-19(2)27(35)31(46)37-22(8-4-6-16-33)28(43)39-25(18-20-10-12-21(40)13-11-20)30(45)36-23(14-15-26(41)42)29(44)38-24(32(47)48)9-5-7-17-34/h10-13,19,22-25,27,40H,3-9,14-18,33-35H2,1-2H3,(H,36,45)(H,37,46)(H,38,44)(H,39,43)(H,41,42)(H,47,48)/t19-,22-,23-,24-,25-,27-/m0/s1. The summed E-state index contributed by atoms with van der Waals surface area (Å²) in [6.45, 7) is 4.37. The molecule has 1 aromatic rings. The number of phenols is 1. The van der Waals surface area contributed by atoms with Crippen LogP contribution in [0.15, 0.2) is 24.3 Å². The van der Waals surface area contributed by atoms with Gasteiger partial charge in [-0.25, -0.2) is 4.79 Å². The van der Waals surface area contributed by atoms with Crippen LogP contribution < -0.4 is 38.5 Å². The van der Waals surface area contributed by atoms with E-state index in [1.165, 1.54) is 24.3 Å². The Bertz CT molecular complexity index is 1200. The monoisotopic (exact) mass is 679 g/mol. The Morgan fingerprint density at radius 2 is 1.15 bits per heavy atom. The zero-order chi connectivity index (χ0) is 36.2. The van der Waals surface area contributed by atoms with Crippen LogP contribution in [0.2, 0.25) is 0 Å². The second kappa shape index (κ2) is 22.3. The number of nitrogens with two attached hydrogens (primary N) is 3. The lowest BCUT2D eigenvalue weighted by Crippen LogP contribution is -2.59. The average Bonchev–Trinajstić information content (AvgIpc) is 3.05. The van der Waals surface area contributed by atoms with Crippen molar-refractivity contribution in [2.75, 3.05) is 13.1 Å². The van der Waals surface area contributed by atoms with Crippen LogP contribution in [0, 0.1) is 5.92 Å². The van der Waals surface area contributed by atoms with Crippen molar-refractivity contribution in [3.8, 4) is 5.75 Å². The SMILES string of the molecule is CC[C@H](C)[C@H](N)C(=O)N[C@@H](CCCCN)C(=O)N[C@@H](Cc1ccc(O)cc1)C(=O)N[C@@H](CCC(=O)O)C(=O)N[C@@H](CCCCN)C(=O)O. The molecule has 0 heterocycles. The van der Waals surface area contributed by atoms with Crippen LogP contribution in [0.25, 0.3) is 0 Å². The van der Waals surface area contributed by atoms with E-state index in [4.69, 9.17) is 17.2 Å².